The van der Waals surface area contributed by atoms with Crippen molar-refractivity contribution in [3.8, 4) is 11.3 Å². The summed E-state index contributed by atoms with van der Waals surface area (Å²) in [5.41, 5.74) is 1.25. The third-order valence-corrected chi connectivity index (χ3v) is 4.96. The number of aromatic nitrogens is 2. The summed E-state index contributed by atoms with van der Waals surface area (Å²) in [6, 6.07) is 15.4. The Kier molecular flexibility index (Phi) is 6.06. The molecule has 7 nitrogen and oxygen atoms in total. The highest BCUT2D eigenvalue weighted by Crippen LogP contribution is 2.32. The van der Waals surface area contributed by atoms with Crippen molar-refractivity contribution in [1.82, 2.24) is 9.97 Å². The van der Waals surface area contributed by atoms with Crippen LogP contribution in [0.15, 0.2) is 71.4 Å². The van der Waals surface area contributed by atoms with Crippen molar-refractivity contribution in [2.24, 2.45) is 0 Å². The Labute approximate surface area is 187 Å². The van der Waals surface area contributed by atoms with Crippen LogP contribution in [0, 0.1) is 0 Å². The summed E-state index contributed by atoms with van der Waals surface area (Å²) < 4.78 is 5.88. The zero-order valence-electron chi connectivity index (χ0n) is 16.0. The van der Waals surface area contributed by atoms with Crippen LogP contribution in [0.25, 0.3) is 11.3 Å². The molecule has 2 heterocycles. The molecular formula is C22H16Cl2N4O3. The first kappa shape index (κ1) is 20.7. The van der Waals surface area contributed by atoms with E-state index in [1.807, 2.05) is 12.1 Å². The topological polar surface area (TPSA) is 100 Å². The second-order valence-corrected chi connectivity index (χ2v) is 7.32. The number of carbonyl (C=O) groups is 1. The van der Waals surface area contributed by atoms with E-state index in [1.54, 1.807) is 36.4 Å². The van der Waals surface area contributed by atoms with Crippen LogP contribution < -0.4 is 10.6 Å². The fourth-order valence-corrected chi connectivity index (χ4v) is 3.32. The quantitative estimate of drug-likeness (QED) is 0.310. The Morgan fingerprint density at radius 3 is 2.58 bits per heavy atom. The van der Waals surface area contributed by atoms with E-state index in [2.05, 4.69) is 20.6 Å². The number of carboxylic acids is 1. The average Bonchev–Trinajstić information content (AvgIpc) is 3.24. The summed E-state index contributed by atoms with van der Waals surface area (Å²) in [7, 11) is 0. The minimum Gasteiger partial charge on any atom is -0.478 e. The van der Waals surface area contributed by atoms with Gasteiger partial charge in [-0.25, -0.2) is 14.8 Å². The largest absolute Gasteiger partial charge is 0.478 e. The summed E-state index contributed by atoms with van der Waals surface area (Å²) in [6.07, 6.45) is 3.05. The van der Waals surface area contributed by atoms with Crippen molar-refractivity contribution in [2.45, 2.75) is 6.54 Å². The van der Waals surface area contributed by atoms with Crippen molar-refractivity contribution in [2.75, 3.05) is 10.6 Å². The molecular weight excluding hydrogens is 439 g/mol. The molecule has 0 aliphatic heterocycles. The lowest BCUT2D eigenvalue weighted by Gasteiger charge is -2.12. The van der Waals surface area contributed by atoms with Gasteiger partial charge in [-0.1, -0.05) is 35.3 Å². The Hall–Kier alpha value is -3.55. The van der Waals surface area contributed by atoms with Gasteiger partial charge in [-0.2, -0.15) is 0 Å². The number of benzene rings is 2. The molecule has 0 atom stereocenters. The van der Waals surface area contributed by atoms with Gasteiger partial charge in [0.2, 0.25) is 0 Å². The Morgan fingerprint density at radius 1 is 1.00 bits per heavy atom. The number of para-hydroxylation sites is 1. The number of hydrogen-bond acceptors (Lipinski definition) is 6. The summed E-state index contributed by atoms with van der Waals surface area (Å²) in [6.45, 7) is 0.326. The smallest absolute Gasteiger partial charge is 0.337 e. The molecule has 156 valence electrons. The fourth-order valence-electron chi connectivity index (χ4n) is 2.94. The van der Waals surface area contributed by atoms with Crippen LogP contribution in [0.1, 0.15) is 16.1 Å². The maximum absolute atomic E-state index is 11.5. The van der Waals surface area contributed by atoms with Crippen LogP contribution in [0.2, 0.25) is 10.0 Å². The Bertz CT molecular complexity index is 1240. The van der Waals surface area contributed by atoms with Crippen LogP contribution in [0.3, 0.4) is 0 Å². The molecule has 31 heavy (non-hydrogen) atoms. The minimum absolute atomic E-state index is 0.133. The summed E-state index contributed by atoms with van der Waals surface area (Å²) >= 11 is 12.3. The lowest BCUT2D eigenvalue weighted by atomic mass is 10.2. The van der Waals surface area contributed by atoms with Gasteiger partial charge in [0, 0.05) is 23.0 Å². The van der Waals surface area contributed by atoms with Crippen molar-refractivity contribution in [1.29, 1.82) is 0 Å². The minimum atomic E-state index is -1.04. The molecule has 0 saturated heterocycles. The van der Waals surface area contributed by atoms with Crippen LogP contribution in [0.4, 0.5) is 17.3 Å². The average molecular weight is 455 g/mol. The van der Waals surface area contributed by atoms with Crippen molar-refractivity contribution in [3.05, 3.63) is 88.4 Å². The van der Waals surface area contributed by atoms with Crippen molar-refractivity contribution < 1.29 is 14.3 Å². The first-order valence-electron chi connectivity index (χ1n) is 9.19. The normalized spacial score (nSPS) is 10.6. The monoisotopic (exact) mass is 454 g/mol. The molecule has 2 aromatic carbocycles. The molecule has 4 rings (SSSR count). The Balaban J connectivity index is 1.51. The van der Waals surface area contributed by atoms with Gasteiger partial charge in [0.15, 0.2) is 11.6 Å². The molecule has 9 heteroatoms. The third kappa shape index (κ3) is 4.79. The van der Waals surface area contributed by atoms with E-state index < -0.39 is 5.97 Å². The number of nitrogens with zero attached hydrogens (tertiary/aromatic N) is 2. The van der Waals surface area contributed by atoms with E-state index in [0.717, 1.165) is 0 Å². The number of aromatic carboxylic acids is 1. The van der Waals surface area contributed by atoms with Gasteiger partial charge < -0.3 is 20.2 Å². The second-order valence-electron chi connectivity index (χ2n) is 6.47. The van der Waals surface area contributed by atoms with Crippen molar-refractivity contribution in [3.63, 3.8) is 0 Å². The van der Waals surface area contributed by atoms with E-state index >= 15 is 0 Å². The van der Waals surface area contributed by atoms with E-state index in [-0.39, 0.29) is 5.56 Å². The molecule has 0 spiro atoms. The highest BCUT2D eigenvalue weighted by atomic mass is 35.5. The zero-order chi connectivity index (χ0) is 21.8. The maximum atomic E-state index is 11.5. The Morgan fingerprint density at radius 2 is 1.77 bits per heavy atom. The van der Waals surface area contributed by atoms with Crippen LogP contribution in [-0.4, -0.2) is 21.0 Å². The lowest BCUT2D eigenvalue weighted by Crippen LogP contribution is -2.08. The zero-order valence-corrected chi connectivity index (χ0v) is 17.5. The van der Waals surface area contributed by atoms with E-state index in [4.69, 9.17) is 27.6 Å². The molecule has 0 saturated carbocycles. The molecule has 0 aliphatic rings. The van der Waals surface area contributed by atoms with E-state index in [0.29, 0.717) is 51.0 Å². The van der Waals surface area contributed by atoms with Gasteiger partial charge in [-0.3, -0.25) is 0 Å². The maximum Gasteiger partial charge on any atom is 0.337 e. The van der Waals surface area contributed by atoms with E-state index in [9.17, 15) is 9.90 Å². The SMILES string of the molecule is O=C(O)c1ccccc1Nc1nccnc1NCc1ccc(-c2cc(Cl)ccc2Cl)o1. The number of hydrogen-bond donors (Lipinski definition) is 3. The van der Waals surface area contributed by atoms with Gasteiger partial charge >= 0.3 is 5.97 Å². The summed E-state index contributed by atoms with van der Waals surface area (Å²) in [5.74, 6) is 1.04. The van der Waals surface area contributed by atoms with Gasteiger partial charge in [0.05, 0.1) is 22.8 Å². The number of anilines is 3. The number of nitrogens with one attached hydrogen (secondary N) is 2. The van der Waals surface area contributed by atoms with Crippen LogP contribution in [0.5, 0.6) is 0 Å². The lowest BCUT2D eigenvalue weighted by molar-refractivity contribution is 0.0698. The highest BCUT2D eigenvalue weighted by molar-refractivity contribution is 6.35. The molecule has 0 radical (unpaired) electrons. The van der Waals surface area contributed by atoms with Gasteiger partial charge in [0.25, 0.3) is 0 Å². The summed E-state index contributed by atoms with van der Waals surface area (Å²) in [5, 5.41) is 16.7. The second kappa shape index (κ2) is 9.07. The van der Waals surface area contributed by atoms with Gasteiger partial charge in [-0.15, -0.1) is 0 Å². The number of furan rings is 1. The predicted octanol–water partition coefficient (Wildman–Crippen LogP) is 6.10. The molecule has 0 fully saturated rings. The first-order valence-corrected chi connectivity index (χ1v) is 9.95. The highest BCUT2D eigenvalue weighted by Gasteiger charge is 2.13. The number of carboxylic acid groups (broad SMARTS) is 1. The van der Waals surface area contributed by atoms with Crippen LogP contribution >= 0.6 is 23.2 Å². The molecule has 3 N–H and O–H groups in total. The van der Waals surface area contributed by atoms with Crippen LogP contribution in [-0.2, 0) is 6.54 Å². The molecule has 0 bridgehead atoms. The standard InChI is InChI=1S/C22H16Cl2N4O3/c23-13-5-7-17(24)16(11-13)19-8-6-14(31-19)12-27-20-21(26-10-9-25-20)28-18-4-2-1-3-15(18)22(29)30/h1-11H,12H2,(H,25,27)(H,26,28)(H,29,30). The van der Waals surface area contributed by atoms with Gasteiger partial charge in [-0.05, 0) is 42.5 Å². The predicted molar refractivity (Wildman–Crippen MR) is 120 cm³/mol. The fraction of sp³-hybridized carbons (Fsp3) is 0.0455. The van der Waals surface area contributed by atoms with Gasteiger partial charge in [0.1, 0.15) is 11.5 Å². The first-order chi connectivity index (χ1) is 15.0. The third-order valence-electron chi connectivity index (χ3n) is 4.39. The number of rotatable bonds is 7. The molecule has 0 aliphatic carbocycles. The van der Waals surface area contributed by atoms with Crippen molar-refractivity contribution >= 4 is 46.5 Å². The van der Waals surface area contributed by atoms with E-state index in [1.165, 1.54) is 18.5 Å². The molecule has 2 aromatic heterocycles. The number of halogens is 2. The molecule has 0 unspecified atom stereocenters. The summed E-state index contributed by atoms with van der Waals surface area (Å²) in [4.78, 5) is 20.0. The molecule has 0 amide bonds. The molecule has 4 aromatic rings.